The van der Waals surface area contributed by atoms with Gasteiger partial charge >= 0.3 is 6.03 Å². The van der Waals surface area contributed by atoms with Crippen LogP contribution in [0.4, 0.5) is 19.3 Å². The second kappa shape index (κ2) is 7.87. The van der Waals surface area contributed by atoms with Crippen molar-refractivity contribution in [2.75, 3.05) is 4.90 Å². The predicted molar refractivity (Wildman–Crippen MR) is 106 cm³/mol. The molecule has 4 rings (SSSR count). The van der Waals surface area contributed by atoms with E-state index < -0.39 is 41.3 Å². The fraction of sp³-hybridized carbons (Fsp3) is 0.0870. The quantitative estimate of drug-likeness (QED) is 0.666. The molecule has 1 aliphatic rings. The number of carbonyl (C=O) groups excluding carboxylic acids is 3. The van der Waals surface area contributed by atoms with E-state index >= 15 is 0 Å². The molecule has 1 heterocycles. The van der Waals surface area contributed by atoms with Gasteiger partial charge in [-0.25, -0.2) is 18.5 Å². The third-order valence-corrected chi connectivity index (χ3v) is 5.01. The van der Waals surface area contributed by atoms with Crippen molar-refractivity contribution in [2.24, 2.45) is 5.92 Å². The van der Waals surface area contributed by atoms with E-state index in [0.29, 0.717) is 16.8 Å². The van der Waals surface area contributed by atoms with Gasteiger partial charge < -0.3 is 0 Å². The number of hydrogen-bond acceptors (Lipinski definition) is 3. The average Bonchev–Trinajstić information content (AvgIpc) is 2.73. The number of nitrogens with zero attached hydrogens (tertiary/aromatic N) is 1. The van der Waals surface area contributed by atoms with Crippen LogP contribution in [0.15, 0.2) is 78.9 Å². The van der Waals surface area contributed by atoms with Crippen LogP contribution in [0.3, 0.4) is 0 Å². The smallest absolute Gasteiger partial charge is 0.277 e. The molecule has 0 aliphatic carbocycles. The lowest BCUT2D eigenvalue weighted by Gasteiger charge is -2.34. The number of amides is 4. The summed E-state index contributed by atoms with van der Waals surface area (Å²) in [5, 5.41) is 2.23. The maximum absolute atomic E-state index is 13.5. The van der Waals surface area contributed by atoms with Crippen molar-refractivity contribution in [2.45, 2.75) is 5.92 Å². The van der Waals surface area contributed by atoms with Crippen molar-refractivity contribution in [1.29, 1.82) is 0 Å². The molecule has 5 nitrogen and oxygen atoms in total. The molecule has 3 aromatic carbocycles. The van der Waals surface area contributed by atoms with E-state index in [1.807, 2.05) is 0 Å². The maximum Gasteiger partial charge on any atom is 0.335 e. The molecule has 0 spiro atoms. The van der Waals surface area contributed by atoms with Gasteiger partial charge in [0.1, 0.15) is 17.6 Å². The van der Waals surface area contributed by atoms with Gasteiger partial charge in [0.2, 0.25) is 11.8 Å². The van der Waals surface area contributed by atoms with Gasteiger partial charge in [0.05, 0.1) is 5.69 Å². The molecule has 7 heteroatoms. The van der Waals surface area contributed by atoms with Crippen molar-refractivity contribution in [3.8, 4) is 0 Å². The van der Waals surface area contributed by atoms with Crippen molar-refractivity contribution in [3.05, 3.63) is 102 Å². The Morgan fingerprint density at radius 2 is 1.23 bits per heavy atom. The molecule has 1 fully saturated rings. The zero-order valence-corrected chi connectivity index (χ0v) is 15.6. The number of urea groups is 1. The van der Waals surface area contributed by atoms with E-state index in [4.69, 9.17) is 0 Å². The molecule has 3 aromatic rings. The lowest BCUT2D eigenvalue weighted by Crippen LogP contribution is -2.59. The molecule has 0 unspecified atom stereocenters. The van der Waals surface area contributed by atoms with Crippen LogP contribution in [-0.2, 0) is 9.59 Å². The lowest BCUT2D eigenvalue weighted by atomic mass is 9.78. The summed E-state index contributed by atoms with van der Waals surface area (Å²) in [4.78, 5) is 39.5. The first kappa shape index (κ1) is 19.4. The van der Waals surface area contributed by atoms with Crippen LogP contribution >= 0.6 is 0 Å². The van der Waals surface area contributed by atoms with Gasteiger partial charge in [0, 0.05) is 5.92 Å². The molecule has 0 saturated carbocycles. The van der Waals surface area contributed by atoms with Crippen LogP contribution in [0.25, 0.3) is 0 Å². The van der Waals surface area contributed by atoms with Crippen LogP contribution in [0.1, 0.15) is 17.0 Å². The van der Waals surface area contributed by atoms with Crippen molar-refractivity contribution in [3.63, 3.8) is 0 Å². The molecular weight excluding hydrogens is 390 g/mol. The van der Waals surface area contributed by atoms with Crippen LogP contribution in [0, 0.1) is 17.6 Å². The number of barbiturate groups is 1. The third-order valence-electron chi connectivity index (χ3n) is 5.01. The van der Waals surface area contributed by atoms with E-state index in [0.717, 1.165) is 4.90 Å². The van der Waals surface area contributed by atoms with Crippen LogP contribution < -0.4 is 10.2 Å². The fourth-order valence-corrected chi connectivity index (χ4v) is 3.62. The van der Waals surface area contributed by atoms with E-state index in [2.05, 4.69) is 5.32 Å². The van der Waals surface area contributed by atoms with E-state index in [1.54, 1.807) is 30.3 Å². The molecule has 0 radical (unpaired) electrons. The molecule has 1 saturated heterocycles. The molecule has 1 aliphatic heterocycles. The summed E-state index contributed by atoms with van der Waals surface area (Å²) in [7, 11) is 0. The minimum Gasteiger partial charge on any atom is -0.277 e. The number of carbonyl (C=O) groups is 3. The number of hydrogen-bond donors (Lipinski definition) is 1. The summed E-state index contributed by atoms with van der Waals surface area (Å²) in [6.07, 6.45) is 0. The highest BCUT2D eigenvalue weighted by Crippen LogP contribution is 2.36. The van der Waals surface area contributed by atoms with Gasteiger partial charge in [-0.05, 0) is 47.5 Å². The molecule has 0 bridgehead atoms. The first-order chi connectivity index (χ1) is 14.5. The molecule has 30 heavy (non-hydrogen) atoms. The van der Waals surface area contributed by atoms with E-state index in [1.165, 1.54) is 48.5 Å². The molecular formula is C23H16F2N2O3. The topological polar surface area (TPSA) is 66.5 Å². The molecule has 4 amide bonds. The van der Waals surface area contributed by atoms with Crippen LogP contribution in [-0.4, -0.2) is 17.8 Å². The Hall–Kier alpha value is -3.87. The zero-order chi connectivity index (χ0) is 21.3. The van der Waals surface area contributed by atoms with Gasteiger partial charge in [0.25, 0.3) is 0 Å². The Morgan fingerprint density at radius 1 is 0.733 bits per heavy atom. The highest BCUT2D eigenvalue weighted by Gasteiger charge is 2.46. The Kier molecular flexibility index (Phi) is 5.10. The Bertz CT molecular complexity index is 1050. The third kappa shape index (κ3) is 3.57. The second-order valence-corrected chi connectivity index (χ2v) is 6.86. The Morgan fingerprint density at radius 3 is 1.73 bits per heavy atom. The van der Waals surface area contributed by atoms with E-state index in [9.17, 15) is 23.2 Å². The average molecular weight is 406 g/mol. The first-order valence-electron chi connectivity index (χ1n) is 9.20. The number of halogens is 2. The molecule has 150 valence electrons. The van der Waals surface area contributed by atoms with Gasteiger partial charge in [-0.15, -0.1) is 0 Å². The lowest BCUT2D eigenvalue weighted by molar-refractivity contribution is -0.134. The summed E-state index contributed by atoms with van der Waals surface area (Å²) < 4.78 is 27.0. The minimum atomic E-state index is -1.31. The second-order valence-electron chi connectivity index (χ2n) is 6.86. The van der Waals surface area contributed by atoms with Crippen molar-refractivity contribution < 1.29 is 23.2 Å². The monoisotopic (exact) mass is 406 g/mol. The number of nitrogens with one attached hydrogen (secondary N) is 1. The number of imide groups is 2. The Balaban J connectivity index is 1.83. The normalized spacial score (nSPS) is 16.7. The molecule has 1 atom stereocenters. The summed E-state index contributed by atoms with van der Waals surface area (Å²) in [6.45, 7) is 0. The van der Waals surface area contributed by atoms with Gasteiger partial charge in [-0.3, -0.25) is 14.9 Å². The number of anilines is 1. The standard InChI is InChI=1S/C23H16F2N2O3/c24-16-10-6-14(7-11-16)19(15-8-12-17(25)13-9-15)20-21(28)26-23(30)27(22(20)29)18-4-2-1-3-5-18/h1-13,19-20H,(H,26,28,30)/t20-/m0/s1. The van der Waals surface area contributed by atoms with Crippen molar-refractivity contribution >= 4 is 23.5 Å². The highest BCUT2D eigenvalue weighted by molar-refractivity contribution is 6.28. The van der Waals surface area contributed by atoms with Crippen LogP contribution in [0.5, 0.6) is 0 Å². The number of benzene rings is 3. The Labute approximate surface area is 170 Å². The van der Waals surface area contributed by atoms with Gasteiger partial charge in [-0.1, -0.05) is 42.5 Å². The van der Waals surface area contributed by atoms with Crippen LogP contribution in [0.2, 0.25) is 0 Å². The SMILES string of the molecule is O=C1NC(=O)N(c2ccccc2)C(=O)[C@H]1C(c1ccc(F)cc1)c1ccc(F)cc1. The van der Waals surface area contributed by atoms with E-state index in [-0.39, 0.29) is 0 Å². The minimum absolute atomic E-state index is 0.314. The molecule has 0 aromatic heterocycles. The fourth-order valence-electron chi connectivity index (χ4n) is 3.62. The first-order valence-corrected chi connectivity index (χ1v) is 9.20. The predicted octanol–water partition coefficient (Wildman–Crippen LogP) is 4.00. The summed E-state index contributed by atoms with van der Waals surface area (Å²) in [5.74, 6) is -4.59. The number of para-hydroxylation sites is 1. The van der Waals surface area contributed by atoms with Gasteiger partial charge in [-0.2, -0.15) is 0 Å². The summed E-state index contributed by atoms with van der Waals surface area (Å²) in [5.41, 5.74) is 1.28. The number of rotatable bonds is 4. The van der Waals surface area contributed by atoms with Crippen molar-refractivity contribution in [1.82, 2.24) is 5.32 Å². The maximum atomic E-state index is 13.5. The largest absolute Gasteiger partial charge is 0.335 e. The summed E-state index contributed by atoms with van der Waals surface area (Å²) >= 11 is 0. The summed E-state index contributed by atoms with van der Waals surface area (Å²) in [6, 6.07) is 18.1. The molecule has 1 N–H and O–H groups in total. The highest BCUT2D eigenvalue weighted by atomic mass is 19.1. The zero-order valence-electron chi connectivity index (χ0n) is 15.6. The van der Waals surface area contributed by atoms with Gasteiger partial charge in [0.15, 0.2) is 0 Å².